The van der Waals surface area contributed by atoms with Crippen LogP contribution in [-0.4, -0.2) is 30.6 Å². The van der Waals surface area contributed by atoms with Crippen molar-refractivity contribution in [2.45, 2.75) is 20.0 Å². The zero-order chi connectivity index (χ0) is 17.5. The number of ether oxygens (including phenoxy) is 3. The number of carbonyl (C=O) groups is 2. The summed E-state index contributed by atoms with van der Waals surface area (Å²) in [6.07, 6.45) is 1.86. The Hall–Kier alpha value is -2.89. The SMILES string of the molecule is CCOc1ccc(C(=O)O[C@H](C(=O)OC)c2cccnc2)cc1C. The summed E-state index contributed by atoms with van der Waals surface area (Å²) in [5, 5.41) is 0. The molecule has 1 atom stereocenters. The van der Waals surface area contributed by atoms with Crippen LogP contribution in [0.1, 0.15) is 34.5 Å². The van der Waals surface area contributed by atoms with E-state index in [9.17, 15) is 9.59 Å². The average molecular weight is 329 g/mol. The molecule has 2 aromatic rings. The Balaban J connectivity index is 2.22. The zero-order valence-electron chi connectivity index (χ0n) is 13.8. The number of carbonyl (C=O) groups excluding carboxylic acids is 2. The normalized spacial score (nSPS) is 11.5. The maximum atomic E-state index is 12.4. The summed E-state index contributed by atoms with van der Waals surface area (Å²) in [5.41, 5.74) is 1.58. The van der Waals surface area contributed by atoms with E-state index in [-0.39, 0.29) is 0 Å². The van der Waals surface area contributed by atoms with Gasteiger partial charge in [0.1, 0.15) is 5.75 Å². The van der Waals surface area contributed by atoms with Gasteiger partial charge in [0.25, 0.3) is 0 Å². The fourth-order valence-electron chi connectivity index (χ4n) is 2.16. The van der Waals surface area contributed by atoms with Crippen molar-refractivity contribution in [3.63, 3.8) is 0 Å². The lowest BCUT2D eigenvalue weighted by atomic mass is 10.1. The topological polar surface area (TPSA) is 74.7 Å². The second-order valence-corrected chi connectivity index (χ2v) is 5.01. The first-order valence-corrected chi connectivity index (χ1v) is 7.49. The molecule has 0 amide bonds. The van der Waals surface area contributed by atoms with Crippen LogP contribution < -0.4 is 4.74 Å². The van der Waals surface area contributed by atoms with Crippen molar-refractivity contribution in [2.24, 2.45) is 0 Å². The molecule has 24 heavy (non-hydrogen) atoms. The molecular weight excluding hydrogens is 310 g/mol. The van der Waals surface area contributed by atoms with Crippen LogP contribution in [-0.2, 0) is 14.3 Å². The van der Waals surface area contributed by atoms with E-state index in [1.807, 2.05) is 13.8 Å². The second kappa shape index (κ2) is 8.10. The first-order chi connectivity index (χ1) is 11.6. The first kappa shape index (κ1) is 17.5. The molecular formula is C18H19NO5. The molecule has 0 aliphatic carbocycles. The van der Waals surface area contributed by atoms with Crippen molar-refractivity contribution in [1.82, 2.24) is 4.98 Å². The lowest BCUT2D eigenvalue weighted by molar-refractivity contribution is -0.151. The van der Waals surface area contributed by atoms with Crippen LogP contribution in [0.15, 0.2) is 42.7 Å². The van der Waals surface area contributed by atoms with Gasteiger partial charge in [-0.25, -0.2) is 9.59 Å². The Morgan fingerprint density at radius 2 is 2.04 bits per heavy atom. The van der Waals surface area contributed by atoms with Crippen molar-refractivity contribution in [3.8, 4) is 5.75 Å². The standard InChI is InChI=1S/C18H19NO5/c1-4-23-15-8-7-13(10-12(15)2)17(20)24-16(18(21)22-3)14-6-5-9-19-11-14/h5-11,16H,4H2,1-3H3/t16-/m0/s1. The molecule has 126 valence electrons. The maximum absolute atomic E-state index is 12.4. The summed E-state index contributed by atoms with van der Waals surface area (Å²) in [6, 6.07) is 8.25. The van der Waals surface area contributed by atoms with Gasteiger partial charge in [0, 0.05) is 18.0 Å². The van der Waals surface area contributed by atoms with E-state index in [0.717, 1.165) is 5.56 Å². The van der Waals surface area contributed by atoms with Crippen LogP contribution in [0.4, 0.5) is 0 Å². The van der Waals surface area contributed by atoms with Gasteiger partial charge in [0.2, 0.25) is 6.10 Å². The molecule has 6 nitrogen and oxygen atoms in total. The summed E-state index contributed by atoms with van der Waals surface area (Å²) < 4.78 is 15.5. The Kier molecular flexibility index (Phi) is 5.89. The predicted octanol–water partition coefficient (Wildman–Crippen LogP) is 2.86. The molecule has 0 radical (unpaired) electrons. The van der Waals surface area contributed by atoms with Crippen molar-refractivity contribution in [1.29, 1.82) is 0 Å². The van der Waals surface area contributed by atoms with Crippen LogP contribution >= 0.6 is 0 Å². The Morgan fingerprint density at radius 1 is 1.25 bits per heavy atom. The Morgan fingerprint density at radius 3 is 2.62 bits per heavy atom. The molecule has 1 heterocycles. The molecule has 6 heteroatoms. The number of aromatic nitrogens is 1. The van der Waals surface area contributed by atoms with Crippen molar-refractivity contribution in [2.75, 3.05) is 13.7 Å². The van der Waals surface area contributed by atoms with E-state index >= 15 is 0 Å². The zero-order valence-corrected chi connectivity index (χ0v) is 13.8. The number of hydrogen-bond acceptors (Lipinski definition) is 6. The maximum Gasteiger partial charge on any atom is 0.352 e. The fraction of sp³-hybridized carbons (Fsp3) is 0.278. The van der Waals surface area contributed by atoms with Gasteiger partial charge >= 0.3 is 11.9 Å². The van der Waals surface area contributed by atoms with Gasteiger partial charge in [0.15, 0.2) is 0 Å². The minimum Gasteiger partial charge on any atom is -0.494 e. The smallest absolute Gasteiger partial charge is 0.352 e. The molecule has 0 N–H and O–H groups in total. The Labute approximate surface area is 140 Å². The van der Waals surface area contributed by atoms with Gasteiger partial charge in [-0.05, 0) is 43.7 Å². The Bertz CT molecular complexity index is 715. The molecule has 0 saturated carbocycles. The van der Waals surface area contributed by atoms with Gasteiger partial charge in [-0.15, -0.1) is 0 Å². The molecule has 0 aliphatic heterocycles. The number of nitrogens with zero attached hydrogens (tertiary/aromatic N) is 1. The van der Waals surface area contributed by atoms with Crippen LogP contribution in [0.25, 0.3) is 0 Å². The number of hydrogen-bond donors (Lipinski definition) is 0. The second-order valence-electron chi connectivity index (χ2n) is 5.01. The number of aryl methyl sites for hydroxylation is 1. The number of rotatable bonds is 6. The number of methoxy groups -OCH3 is 1. The summed E-state index contributed by atoms with van der Waals surface area (Å²) in [7, 11) is 1.24. The minimum atomic E-state index is -1.16. The monoisotopic (exact) mass is 329 g/mol. The van der Waals surface area contributed by atoms with Crippen LogP contribution in [0.5, 0.6) is 5.75 Å². The largest absolute Gasteiger partial charge is 0.494 e. The van der Waals surface area contributed by atoms with E-state index in [4.69, 9.17) is 14.2 Å². The highest BCUT2D eigenvalue weighted by Crippen LogP contribution is 2.23. The lowest BCUT2D eigenvalue weighted by Crippen LogP contribution is -2.21. The van der Waals surface area contributed by atoms with Gasteiger partial charge < -0.3 is 14.2 Å². The van der Waals surface area contributed by atoms with Crippen molar-refractivity contribution >= 4 is 11.9 Å². The number of pyridine rings is 1. The molecule has 1 aromatic carbocycles. The number of esters is 2. The summed E-state index contributed by atoms with van der Waals surface area (Å²) in [6.45, 7) is 4.26. The predicted molar refractivity (Wildman–Crippen MR) is 86.8 cm³/mol. The van der Waals surface area contributed by atoms with Gasteiger partial charge in [-0.1, -0.05) is 6.07 Å². The molecule has 2 rings (SSSR count). The highest BCUT2D eigenvalue weighted by atomic mass is 16.6. The van der Waals surface area contributed by atoms with Crippen LogP contribution in [0.2, 0.25) is 0 Å². The minimum absolute atomic E-state index is 0.328. The fourth-order valence-corrected chi connectivity index (χ4v) is 2.16. The molecule has 0 spiro atoms. The van der Waals surface area contributed by atoms with E-state index in [1.165, 1.54) is 13.3 Å². The number of benzene rings is 1. The first-order valence-electron chi connectivity index (χ1n) is 7.49. The van der Waals surface area contributed by atoms with Gasteiger partial charge in [-0.3, -0.25) is 4.98 Å². The van der Waals surface area contributed by atoms with E-state index in [2.05, 4.69) is 4.98 Å². The van der Waals surface area contributed by atoms with E-state index in [1.54, 1.807) is 36.5 Å². The van der Waals surface area contributed by atoms with Crippen molar-refractivity contribution < 1.29 is 23.8 Å². The summed E-state index contributed by atoms with van der Waals surface area (Å²) in [5.74, 6) is -0.592. The third-order valence-corrected chi connectivity index (χ3v) is 3.34. The summed E-state index contributed by atoms with van der Waals surface area (Å²) in [4.78, 5) is 28.3. The van der Waals surface area contributed by atoms with E-state index < -0.39 is 18.0 Å². The van der Waals surface area contributed by atoms with Gasteiger partial charge in [-0.2, -0.15) is 0 Å². The van der Waals surface area contributed by atoms with Gasteiger partial charge in [0.05, 0.1) is 19.3 Å². The lowest BCUT2D eigenvalue weighted by Gasteiger charge is -2.16. The highest BCUT2D eigenvalue weighted by Gasteiger charge is 2.27. The van der Waals surface area contributed by atoms with Crippen molar-refractivity contribution in [3.05, 3.63) is 59.4 Å². The molecule has 0 aliphatic rings. The highest BCUT2D eigenvalue weighted by molar-refractivity contribution is 5.92. The molecule has 0 unspecified atom stereocenters. The molecule has 0 bridgehead atoms. The average Bonchev–Trinajstić information content (AvgIpc) is 2.61. The third kappa shape index (κ3) is 4.10. The third-order valence-electron chi connectivity index (χ3n) is 3.34. The molecule has 0 saturated heterocycles. The van der Waals surface area contributed by atoms with Crippen LogP contribution in [0.3, 0.4) is 0 Å². The quantitative estimate of drug-likeness (QED) is 0.759. The van der Waals surface area contributed by atoms with Crippen LogP contribution in [0, 0.1) is 6.92 Å². The molecule has 0 fully saturated rings. The molecule has 1 aromatic heterocycles. The van der Waals surface area contributed by atoms with E-state index in [0.29, 0.717) is 23.5 Å². The summed E-state index contributed by atoms with van der Waals surface area (Å²) >= 11 is 0.